The van der Waals surface area contributed by atoms with Crippen molar-refractivity contribution in [2.75, 3.05) is 26.3 Å². The van der Waals surface area contributed by atoms with Gasteiger partial charge in [0, 0.05) is 25.6 Å². The second-order valence-corrected chi connectivity index (χ2v) is 7.79. The predicted octanol–water partition coefficient (Wildman–Crippen LogP) is 2.57. The molecule has 7 heteroatoms. The summed E-state index contributed by atoms with van der Waals surface area (Å²) in [6, 6.07) is 11.6. The average Bonchev–Trinajstić information content (AvgIpc) is 3.35. The number of rotatable bonds is 6. The molecule has 29 heavy (non-hydrogen) atoms. The van der Waals surface area contributed by atoms with Gasteiger partial charge in [-0.05, 0) is 43.0 Å². The van der Waals surface area contributed by atoms with Gasteiger partial charge in [-0.2, -0.15) is 0 Å². The van der Waals surface area contributed by atoms with Crippen molar-refractivity contribution in [3.63, 3.8) is 0 Å². The highest BCUT2D eigenvalue weighted by molar-refractivity contribution is 5.94. The highest BCUT2D eigenvalue weighted by atomic mass is 16.5. The Bertz CT molecular complexity index is 997. The molecule has 0 unspecified atom stereocenters. The van der Waals surface area contributed by atoms with Crippen LogP contribution in [0.15, 0.2) is 55.0 Å². The normalized spacial score (nSPS) is 20.3. The van der Waals surface area contributed by atoms with E-state index in [-0.39, 0.29) is 11.5 Å². The fourth-order valence-electron chi connectivity index (χ4n) is 4.42. The van der Waals surface area contributed by atoms with Gasteiger partial charge >= 0.3 is 0 Å². The van der Waals surface area contributed by atoms with Crippen LogP contribution in [0.4, 0.5) is 0 Å². The first-order valence-electron chi connectivity index (χ1n) is 10.1. The lowest BCUT2D eigenvalue weighted by molar-refractivity contribution is -0.120. The number of hydrogen-bond acceptors (Lipinski definition) is 5. The minimum atomic E-state index is -0.218. The summed E-state index contributed by atoms with van der Waals surface area (Å²) in [5.41, 5.74) is 2.11. The van der Waals surface area contributed by atoms with Crippen LogP contribution in [0.2, 0.25) is 0 Å². The number of carbonyl (C=O) groups is 1. The third-order valence-corrected chi connectivity index (χ3v) is 6.03. The molecule has 2 saturated heterocycles. The number of ether oxygens (including phenoxy) is 2. The van der Waals surface area contributed by atoms with Crippen LogP contribution >= 0.6 is 0 Å². The molecule has 0 radical (unpaired) electrons. The van der Waals surface area contributed by atoms with Crippen molar-refractivity contribution >= 4 is 11.6 Å². The molecule has 150 valence electrons. The number of hydrogen-bond donors (Lipinski definition) is 0. The van der Waals surface area contributed by atoms with Gasteiger partial charge < -0.3 is 14.4 Å². The predicted molar refractivity (Wildman–Crippen MR) is 106 cm³/mol. The van der Waals surface area contributed by atoms with Crippen molar-refractivity contribution in [3.8, 4) is 0 Å². The van der Waals surface area contributed by atoms with Crippen LogP contribution in [0.3, 0.4) is 0 Å². The van der Waals surface area contributed by atoms with Gasteiger partial charge in [-0.15, -0.1) is 0 Å². The molecule has 0 aliphatic carbocycles. The Morgan fingerprint density at radius 3 is 2.97 bits per heavy atom. The van der Waals surface area contributed by atoms with Gasteiger partial charge in [0.25, 0.3) is 5.91 Å². The molecular formula is C22H24N4O3. The van der Waals surface area contributed by atoms with E-state index in [9.17, 15) is 4.79 Å². The molecule has 1 amide bonds. The van der Waals surface area contributed by atoms with Crippen molar-refractivity contribution < 1.29 is 14.3 Å². The zero-order valence-corrected chi connectivity index (χ0v) is 16.2. The maximum absolute atomic E-state index is 12.9. The fourth-order valence-corrected chi connectivity index (χ4v) is 4.42. The fraction of sp³-hybridized carbons (Fsp3) is 0.409. The highest BCUT2D eigenvalue weighted by Crippen LogP contribution is 2.42. The second kappa shape index (κ2) is 7.57. The van der Waals surface area contributed by atoms with E-state index in [2.05, 4.69) is 9.97 Å². The quantitative estimate of drug-likeness (QED) is 0.603. The topological polar surface area (TPSA) is 69.0 Å². The van der Waals surface area contributed by atoms with Crippen LogP contribution < -0.4 is 0 Å². The lowest BCUT2D eigenvalue weighted by Gasteiger charge is -2.50. The lowest BCUT2D eigenvalue weighted by Crippen LogP contribution is -2.66. The summed E-state index contributed by atoms with van der Waals surface area (Å²) < 4.78 is 13.8. The largest absolute Gasteiger partial charge is 0.375 e. The van der Waals surface area contributed by atoms with Crippen LogP contribution in [0.5, 0.6) is 0 Å². The zero-order valence-electron chi connectivity index (χ0n) is 16.2. The summed E-state index contributed by atoms with van der Waals surface area (Å²) in [7, 11) is 0. The Morgan fingerprint density at radius 2 is 2.10 bits per heavy atom. The number of likely N-dealkylation sites (tertiary alicyclic amines) is 1. The average molecular weight is 392 g/mol. The number of nitrogens with zero attached hydrogens (tertiary/aromatic N) is 4. The van der Waals surface area contributed by atoms with Gasteiger partial charge in [-0.3, -0.25) is 14.2 Å². The van der Waals surface area contributed by atoms with E-state index in [1.807, 2.05) is 51.9 Å². The van der Waals surface area contributed by atoms with Crippen LogP contribution in [0.25, 0.3) is 5.65 Å². The summed E-state index contributed by atoms with van der Waals surface area (Å²) in [5, 5.41) is 0. The molecule has 1 spiro atoms. The molecule has 3 aromatic rings. The molecule has 2 fully saturated rings. The first-order valence-corrected chi connectivity index (χ1v) is 10.1. The van der Waals surface area contributed by atoms with Crippen LogP contribution in [-0.4, -0.2) is 57.1 Å². The molecule has 1 atom stereocenters. The minimum Gasteiger partial charge on any atom is -0.375 e. The third kappa shape index (κ3) is 3.41. The van der Waals surface area contributed by atoms with E-state index >= 15 is 0 Å². The van der Waals surface area contributed by atoms with Gasteiger partial charge in [-0.25, -0.2) is 4.98 Å². The SMILES string of the molecule is O=C(c1cnc2ccccn12)N1CC2(C1)OCC[C@@H]2CCOCc1ccccn1. The van der Waals surface area contributed by atoms with E-state index < -0.39 is 0 Å². The Hall–Kier alpha value is -2.77. The van der Waals surface area contributed by atoms with Gasteiger partial charge in [0.2, 0.25) is 0 Å². The van der Waals surface area contributed by atoms with Gasteiger partial charge in [-0.1, -0.05) is 12.1 Å². The van der Waals surface area contributed by atoms with E-state index in [0.717, 1.165) is 30.8 Å². The molecule has 0 aromatic carbocycles. The van der Waals surface area contributed by atoms with E-state index in [1.54, 1.807) is 12.4 Å². The Balaban J connectivity index is 1.16. The van der Waals surface area contributed by atoms with Crippen molar-refractivity contribution in [2.45, 2.75) is 25.0 Å². The number of imidazole rings is 1. The molecule has 3 aromatic heterocycles. The van der Waals surface area contributed by atoms with E-state index in [1.165, 1.54) is 0 Å². The molecular weight excluding hydrogens is 368 g/mol. The molecule has 5 heterocycles. The number of amides is 1. The summed E-state index contributed by atoms with van der Waals surface area (Å²) in [6.07, 6.45) is 7.26. The first kappa shape index (κ1) is 18.3. The van der Waals surface area contributed by atoms with Crippen LogP contribution in [0, 0.1) is 5.92 Å². The number of fused-ring (bicyclic) bond motifs is 1. The maximum Gasteiger partial charge on any atom is 0.272 e. The molecule has 0 N–H and O–H groups in total. The maximum atomic E-state index is 12.9. The monoisotopic (exact) mass is 392 g/mol. The molecule has 7 nitrogen and oxygen atoms in total. The first-order chi connectivity index (χ1) is 14.3. The van der Waals surface area contributed by atoms with Crippen LogP contribution in [0.1, 0.15) is 29.0 Å². The molecule has 2 aliphatic heterocycles. The summed E-state index contributed by atoms with van der Waals surface area (Å²) in [5.74, 6) is 0.424. The standard InChI is InChI=1S/C22H24N4O3/c27-21(19-13-24-20-6-2-4-10-26(19)20)25-15-22(16-25)17(8-12-29-22)7-11-28-14-18-5-1-3-9-23-18/h1-6,9-10,13,17H,7-8,11-12,14-16H2/t17-/m0/s1. The number of aromatic nitrogens is 3. The third-order valence-electron chi connectivity index (χ3n) is 6.03. The number of carbonyl (C=O) groups excluding carboxylic acids is 1. The summed E-state index contributed by atoms with van der Waals surface area (Å²) >= 11 is 0. The number of pyridine rings is 2. The Kier molecular flexibility index (Phi) is 4.77. The minimum absolute atomic E-state index is 0.00924. The van der Waals surface area contributed by atoms with E-state index in [4.69, 9.17) is 9.47 Å². The Morgan fingerprint density at radius 1 is 1.21 bits per heavy atom. The molecule has 0 bridgehead atoms. The molecule has 5 rings (SSSR count). The molecule has 0 saturated carbocycles. The second-order valence-electron chi connectivity index (χ2n) is 7.79. The highest BCUT2D eigenvalue weighted by Gasteiger charge is 2.54. The smallest absolute Gasteiger partial charge is 0.272 e. The van der Waals surface area contributed by atoms with Crippen molar-refractivity contribution in [2.24, 2.45) is 5.92 Å². The molecule has 2 aliphatic rings. The summed E-state index contributed by atoms with van der Waals surface area (Å²) in [4.78, 5) is 23.4. The van der Waals surface area contributed by atoms with Gasteiger partial charge in [0.05, 0.1) is 31.6 Å². The van der Waals surface area contributed by atoms with Crippen molar-refractivity contribution in [3.05, 3.63) is 66.4 Å². The van der Waals surface area contributed by atoms with Crippen LogP contribution in [-0.2, 0) is 16.1 Å². The Labute approximate surface area is 169 Å². The van der Waals surface area contributed by atoms with Gasteiger partial charge in [0.1, 0.15) is 16.9 Å². The lowest BCUT2D eigenvalue weighted by atomic mass is 9.79. The zero-order chi connectivity index (χ0) is 19.7. The van der Waals surface area contributed by atoms with Gasteiger partial charge in [0.15, 0.2) is 0 Å². The summed E-state index contributed by atoms with van der Waals surface area (Å²) in [6.45, 7) is 3.23. The van der Waals surface area contributed by atoms with E-state index in [0.29, 0.717) is 37.9 Å². The van der Waals surface area contributed by atoms with Crippen molar-refractivity contribution in [1.82, 2.24) is 19.3 Å². The van der Waals surface area contributed by atoms with Crippen molar-refractivity contribution in [1.29, 1.82) is 0 Å².